The fourth-order valence-corrected chi connectivity index (χ4v) is 5.94. The van der Waals surface area contributed by atoms with E-state index in [-0.39, 0.29) is 74.1 Å². The minimum atomic E-state index is -3.94. The molecule has 0 saturated heterocycles. The first-order valence-electron chi connectivity index (χ1n) is 14.9. The molecule has 23 heteroatoms. The number of hydrogen-bond donors (Lipinski definition) is 2. The average molecular weight is 865 g/mol. The van der Waals surface area contributed by atoms with Crippen LogP contribution in [-0.2, 0) is 37.4 Å². The minimum absolute atomic E-state index is 0. The van der Waals surface area contributed by atoms with Crippen molar-refractivity contribution in [1.29, 1.82) is 0 Å². The van der Waals surface area contributed by atoms with Crippen molar-refractivity contribution in [3.8, 4) is 22.9 Å². The smallest absolute Gasteiger partial charge is 0.871 e. The van der Waals surface area contributed by atoms with E-state index in [9.17, 15) is 36.6 Å². The topological polar surface area (TPSA) is 288 Å². The van der Waals surface area contributed by atoms with Gasteiger partial charge in [0.25, 0.3) is 11.1 Å². The third kappa shape index (κ3) is 10.0. The van der Waals surface area contributed by atoms with E-state index in [2.05, 4.69) is 30.7 Å². The molecule has 2 heterocycles. The van der Waals surface area contributed by atoms with Crippen LogP contribution in [0.15, 0.2) is 125 Å². The third-order valence-electron chi connectivity index (χ3n) is 7.11. The van der Waals surface area contributed by atoms with Gasteiger partial charge in [0, 0.05) is 21.4 Å². The number of rotatable bonds is 8. The Labute approximate surface area is 334 Å². The number of aromatic nitrogens is 4. The summed E-state index contributed by atoms with van der Waals surface area (Å²) in [5, 5.41) is 57.6. The predicted molar refractivity (Wildman–Crippen MR) is 194 cm³/mol. The van der Waals surface area contributed by atoms with Crippen LogP contribution in [-0.4, -0.2) is 26.2 Å². The molecule has 2 aromatic heterocycles. The molecule has 6 aromatic rings. The maximum absolute atomic E-state index is 12.6. The molecular weight excluding hydrogens is 839 g/mol. The van der Waals surface area contributed by atoms with Gasteiger partial charge in [-0.3, -0.25) is 9.59 Å². The Morgan fingerprint density at radius 2 is 0.982 bits per heavy atom. The van der Waals surface area contributed by atoms with Crippen molar-refractivity contribution in [3.05, 3.63) is 127 Å². The van der Waals surface area contributed by atoms with Crippen LogP contribution >= 0.6 is 23.2 Å². The van der Waals surface area contributed by atoms with Gasteiger partial charge in [-0.1, -0.05) is 72.8 Å². The molecule has 0 fully saturated rings. The van der Waals surface area contributed by atoms with Crippen LogP contribution in [0.5, 0.6) is 11.5 Å². The Kier molecular flexibility index (Phi) is 13.1. The van der Waals surface area contributed by atoms with Crippen LogP contribution in [0.4, 0.5) is 22.7 Å². The van der Waals surface area contributed by atoms with Gasteiger partial charge in [-0.05, 0) is 60.7 Å². The number of sulfonamides is 2. The summed E-state index contributed by atoms with van der Waals surface area (Å²) in [5.41, 5.74) is -0.582. The summed E-state index contributed by atoms with van der Waals surface area (Å²) < 4.78 is 47.9. The molecule has 4 N–H and O–H groups in total. The van der Waals surface area contributed by atoms with Gasteiger partial charge in [0.1, 0.15) is 11.4 Å². The van der Waals surface area contributed by atoms with Gasteiger partial charge in [0.15, 0.2) is 0 Å². The van der Waals surface area contributed by atoms with E-state index in [0.717, 1.165) is 9.36 Å². The fourth-order valence-electron chi connectivity index (χ4n) is 4.51. The van der Waals surface area contributed by atoms with Gasteiger partial charge in [-0.2, -0.15) is 10.2 Å². The van der Waals surface area contributed by atoms with Gasteiger partial charge < -0.3 is 29.8 Å². The van der Waals surface area contributed by atoms with Crippen LogP contribution in [0, 0.1) is 13.8 Å². The molecule has 6 rings (SSSR count). The Hall–Kier alpha value is -5.37. The number of nitrogens with zero attached hydrogens (tertiary/aromatic N) is 8. The van der Waals surface area contributed by atoms with E-state index >= 15 is 0 Å². The molecule has 0 spiro atoms. The van der Waals surface area contributed by atoms with Gasteiger partial charge in [0.05, 0.1) is 21.2 Å². The summed E-state index contributed by atoms with van der Waals surface area (Å²) in [6.45, 7) is 3.07. The largest absolute Gasteiger partial charge is 3.00 e. The van der Waals surface area contributed by atoms with Gasteiger partial charge in [0.2, 0.25) is 20.0 Å². The standard InChI is InChI=1S/2C16H14ClN5O4S.Cr/c2*1-9-15(20-19-13-7-10(17)5-6-14(13)23)16(24)22(21-9)11-3-2-4-12(8-11)27(18,25)26;/h2*2-8H,1H3,(H4,18,19,20,21,23,24,25,26);/q;;+3/p-3. The van der Waals surface area contributed by atoms with Crippen LogP contribution in [0.25, 0.3) is 11.4 Å². The summed E-state index contributed by atoms with van der Waals surface area (Å²) in [5.74, 6) is -0.803. The average Bonchev–Trinajstić information content (AvgIpc) is 3.57. The molecule has 18 nitrogen and oxygen atoms in total. The van der Waals surface area contributed by atoms with Gasteiger partial charge in [-0.15, -0.1) is 21.6 Å². The molecule has 0 amide bonds. The number of halogens is 2. The fraction of sp³-hybridized carbons (Fsp3) is 0.0625. The maximum atomic E-state index is 12.6. The summed E-state index contributed by atoms with van der Waals surface area (Å²) in [6, 6.07) is 18.9. The molecule has 0 aliphatic carbocycles. The number of hydrogen-bond acceptors (Lipinski definition) is 12. The second-order valence-electron chi connectivity index (χ2n) is 11.0. The van der Waals surface area contributed by atoms with Crippen molar-refractivity contribution in [1.82, 2.24) is 19.6 Å². The van der Waals surface area contributed by atoms with E-state index in [0.29, 0.717) is 10.0 Å². The van der Waals surface area contributed by atoms with Crippen molar-refractivity contribution in [3.63, 3.8) is 0 Å². The molecule has 0 bridgehead atoms. The number of nitrogens with two attached hydrogens (primary N) is 2. The molecule has 0 unspecified atom stereocenters. The maximum Gasteiger partial charge on any atom is 3.00 e. The first kappa shape index (κ1) is 42.4. The molecule has 0 aliphatic heterocycles. The van der Waals surface area contributed by atoms with Crippen LogP contribution in [0.1, 0.15) is 12.8 Å². The summed E-state index contributed by atoms with van der Waals surface area (Å²) in [4.78, 5) is 24.8. The SMILES string of the molecule is Cc1[n-]n(-c2cccc(S(N)(=O)=O)c2)c(=O)c1N=Nc1cc(Cl)ccc1[O-].Cc1[n-]n(-c2cccc(S(N)(=O)=O)c2)c(=O)c1N=Nc1cc(Cl)ccc1[O-].[Cr+3].[H+]. The summed E-state index contributed by atoms with van der Waals surface area (Å²) in [7, 11) is -7.87. The zero-order chi connectivity index (χ0) is 39.5. The number of aryl methyl sites for hydroxylation is 2. The predicted octanol–water partition coefficient (Wildman–Crippen LogP) is 3.90. The second kappa shape index (κ2) is 17.0. The molecule has 4 aromatic carbocycles. The van der Waals surface area contributed by atoms with Gasteiger partial charge >= 0.3 is 18.8 Å². The third-order valence-corrected chi connectivity index (χ3v) is 9.41. The molecule has 0 saturated carbocycles. The summed E-state index contributed by atoms with van der Waals surface area (Å²) >= 11 is 11.6. The van der Waals surface area contributed by atoms with E-state index in [1.807, 2.05) is 0 Å². The van der Waals surface area contributed by atoms with Crippen molar-refractivity contribution in [2.24, 2.45) is 30.7 Å². The Balaban J connectivity index is 0.000000290. The van der Waals surface area contributed by atoms with Gasteiger partial charge in [-0.25, -0.2) is 27.1 Å². The molecule has 283 valence electrons. The normalized spacial score (nSPS) is 11.7. The molecular formula is C32H25Cl2CrN10O8S2. The monoisotopic (exact) mass is 863 g/mol. The first-order chi connectivity index (χ1) is 25.3. The van der Waals surface area contributed by atoms with Crippen LogP contribution in [0.2, 0.25) is 10.0 Å². The number of primary sulfonamides is 2. The zero-order valence-electron chi connectivity index (χ0n) is 29.1. The van der Waals surface area contributed by atoms with Crippen LogP contribution < -0.4 is 41.8 Å². The Bertz CT molecular complexity index is 2630. The van der Waals surface area contributed by atoms with Crippen molar-refractivity contribution >= 4 is 66.0 Å². The van der Waals surface area contributed by atoms with E-state index in [4.69, 9.17) is 33.5 Å². The molecule has 0 aliphatic rings. The van der Waals surface area contributed by atoms with Crippen molar-refractivity contribution < 1.29 is 45.8 Å². The molecule has 1 radical (unpaired) electrons. The minimum Gasteiger partial charge on any atom is -0.871 e. The number of benzene rings is 4. The molecule has 55 heavy (non-hydrogen) atoms. The van der Waals surface area contributed by atoms with E-state index in [1.165, 1.54) is 98.8 Å². The quantitative estimate of drug-likeness (QED) is 0.208. The molecule has 0 atom stereocenters. The second-order valence-corrected chi connectivity index (χ2v) is 15.0. The van der Waals surface area contributed by atoms with Crippen LogP contribution in [0.3, 0.4) is 0 Å². The first-order valence-corrected chi connectivity index (χ1v) is 18.7. The Morgan fingerprint density at radius 1 is 0.618 bits per heavy atom. The zero-order valence-corrected chi connectivity index (χ0v) is 32.5. The van der Waals surface area contributed by atoms with E-state index in [1.54, 1.807) is 0 Å². The van der Waals surface area contributed by atoms with Crippen molar-refractivity contribution in [2.45, 2.75) is 23.6 Å². The van der Waals surface area contributed by atoms with E-state index < -0.39 is 42.7 Å². The Morgan fingerprint density at radius 3 is 1.33 bits per heavy atom. The summed E-state index contributed by atoms with van der Waals surface area (Å²) in [6.07, 6.45) is 0. The van der Waals surface area contributed by atoms with Crippen molar-refractivity contribution in [2.75, 3.05) is 0 Å². The number of azo groups is 2.